The van der Waals surface area contributed by atoms with Crippen molar-refractivity contribution < 1.29 is 14.8 Å². The third-order valence-electron chi connectivity index (χ3n) is 2.68. The molecular formula is C13H15BN2O4. The van der Waals surface area contributed by atoms with Gasteiger partial charge < -0.3 is 19.8 Å². The minimum absolute atomic E-state index is 0.0971. The quantitative estimate of drug-likeness (QED) is 0.677. The fraction of sp³-hybridized carbons (Fsp3) is 0.231. The Morgan fingerprint density at radius 3 is 2.70 bits per heavy atom. The Bertz CT molecular complexity index is 655. The molecule has 20 heavy (non-hydrogen) atoms. The van der Waals surface area contributed by atoms with E-state index >= 15 is 0 Å². The lowest BCUT2D eigenvalue weighted by Gasteiger charge is -2.15. The minimum Gasteiger partial charge on any atom is -0.491 e. The predicted octanol–water partition coefficient (Wildman–Crippen LogP) is -0.0961. The minimum atomic E-state index is -1.68. The van der Waals surface area contributed by atoms with Gasteiger partial charge in [-0.15, -0.1) is 0 Å². The van der Waals surface area contributed by atoms with Gasteiger partial charge in [0.2, 0.25) is 0 Å². The number of hydrogen-bond donors (Lipinski definition) is 3. The summed E-state index contributed by atoms with van der Waals surface area (Å²) in [6.07, 6.45) is 2.62. The molecule has 0 bridgehead atoms. The molecule has 0 aliphatic carbocycles. The summed E-state index contributed by atoms with van der Waals surface area (Å²) in [5.74, 6) is 0.374. The van der Waals surface area contributed by atoms with E-state index in [1.807, 2.05) is 13.8 Å². The van der Waals surface area contributed by atoms with Crippen LogP contribution in [0.5, 0.6) is 5.75 Å². The van der Waals surface area contributed by atoms with Gasteiger partial charge in [0.15, 0.2) is 0 Å². The van der Waals surface area contributed by atoms with Crippen LogP contribution >= 0.6 is 0 Å². The first-order valence-electron chi connectivity index (χ1n) is 6.19. The first-order valence-corrected chi connectivity index (χ1v) is 6.19. The molecule has 7 heteroatoms. The molecule has 0 aliphatic rings. The van der Waals surface area contributed by atoms with Crippen LogP contribution in [0.2, 0.25) is 0 Å². The van der Waals surface area contributed by atoms with Gasteiger partial charge in [0.1, 0.15) is 5.75 Å². The van der Waals surface area contributed by atoms with Gasteiger partial charge in [-0.25, -0.2) is 4.98 Å². The molecule has 0 radical (unpaired) electrons. The van der Waals surface area contributed by atoms with Gasteiger partial charge in [0, 0.05) is 11.7 Å². The fourth-order valence-electron chi connectivity index (χ4n) is 1.83. The second-order valence-corrected chi connectivity index (χ2v) is 4.59. The summed E-state index contributed by atoms with van der Waals surface area (Å²) in [7, 11) is -1.68. The number of rotatable bonds is 4. The van der Waals surface area contributed by atoms with Crippen LogP contribution < -0.4 is 15.8 Å². The highest BCUT2D eigenvalue weighted by Crippen LogP contribution is 2.18. The molecule has 1 heterocycles. The lowest BCUT2D eigenvalue weighted by atomic mass is 9.78. The number of aromatic nitrogens is 2. The Morgan fingerprint density at radius 1 is 1.35 bits per heavy atom. The molecule has 0 atom stereocenters. The van der Waals surface area contributed by atoms with E-state index in [0.717, 1.165) is 0 Å². The number of benzene rings is 1. The van der Waals surface area contributed by atoms with Crippen LogP contribution in [-0.2, 0) is 0 Å². The fourth-order valence-corrected chi connectivity index (χ4v) is 1.83. The van der Waals surface area contributed by atoms with E-state index in [1.165, 1.54) is 18.6 Å². The number of H-pyrrole nitrogens is 1. The van der Waals surface area contributed by atoms with E-state index in [-0.39, 0.29) is 17.1 Å². The largest absolute Gasteiger partial charge is 0.492 e. The molecule has 0 unspecified atom stereocenters. The molecule has 1 aromatic heterocycles. The summed E-state index contributed by atoms with van der Waals surface area (Å²) >= 11 is 0. The smallest absolute Gasteiger partial charge is 0.491 e. The van der Waals surface area contributed by atoms with Crippen LogP contribution in [0.15, 0.2) is 35.5 Å². The van der Waals surface area contributed by atoms with E-state index in [0.29, 0.717) is 16.9 Å². The molecule has 0 spiro atoms. The van der Waals surface area contributed by atoms with Crippen molar-refractivity contribution in [1.82, 2.24) is 9.97 Å². The van der Waals surface area contributed by atoms with E-state index in [4.69, 9.17) is 4.74 Å². The summed E-state index contributed by atoms with van der Waals surface area (Å²) in [5.41, 5.74) is 0.805. The molecule has 0 fully saturated rings. The third kappa shape index (κ3) is 3.07. The monoisotopic (exact) mass is 274 g/mol. The Hall–Kier alpha value is -2.12. The number of aromatic amines is 1. The zero-order valence-electron chi connectivity index (χ0n) is 11.2. The first-order chi connectivity index (χ1) is 9.49. The lowest BCUT2D eigenvalue weighted by Crippen LogP contribution is -2.32. The Morgan fingerprint density at radius 2 is 2.10 bits per heavy atom. The molecule has 2 aromatic rings. The molecule has 0 saturated carbocycles. The Kier molecular flexibility index (Phi) is 4.21. The molecule has 1 aromatic carbocycles. The summed E-state index contributed by atoms with van der Waals surface area (Å²) in [6, 6.07) is 4.79. The maximum atomic E-state index is 11.7. The maximum Gasteiger partial charge on any atom is 0.492 e. The molecule has 0 saturated heterocycles. The van der Waals surface area contributed by atoms with Crippen LogP contribution in [-0.4, -0.2) is 33.2 Å². The zero-order valence-corrected chi connectivity index (χ0v) is 11.2. The second kappa shape index (κ2) is 5.89. The SMILES string of the molecule is CC(C)Oc1ccc(-c2cnc[nH]c2=O)cc1B(O)O. The summed E-state index contributed by atoms with van der Waals surface area (Å²) in [5, 5.41) is 18.9. The van der Waals surface area contributed by atoms with Crippen molar-refractivity contribution in [1.29, 1.82) is 0 Å². The van der Waals surface area contributed by atoms with Crippen molar-refractivity contribution in [3.63, 3.8) is 0 Å². The molecule has 0 aliphatic heterocycles. The topological polar surface area (TPSA) is 95.4 Å². The van der Waals surface area contributed by atoms with Crippen LogP contribution in [0, 0.1) is 0 Å². The van der Waals surface area contributed by atoms with Crippen LogP contribution in [0.25, 0.3) is 11.1 Å². The predicted molar refractivity (Wildman–Crippen MR) is 75.9 cm³/mol. The summed E-state index contributed by atoms with van der Waals surface area (Å²) in [4.78, 5) is 18.0. The molecular weight excluding hydrogens is 259 g/mol. The van der Waals surface area contributed by atoms with Crippen molar-refractivity contribution in [2.45, 2.75) is 20.0 Å². The number of nitrogens with zero attached hydrogens (tertiary/aromatic N) is 1. The van der Waals surface area contributed by atoms with Crippen molar-refractivity contribution in [2.75, 3.05) is 0 Å². The average molecular weight is 274 g/mol. The van der Waals surface area contributed by atoms with Gasteiger partial charge in [0.25, 0.3) is 5.56 Å². The van der Waals surface area contributed by atoms with E-state index in [1.54, 1.807) is 12.1 Å². The van der Waals surface area contributed by atoms with Crippen molar-refractivity contribution in [3.05, 3.63) is 41.1 Å². The van der Waals surface area contributed by atoms with E-state index in [2.05, 4.69) is 9.97 Å². The van der Waals surface area contributed by atoms with E-state index < -0.39 is 7.12 Å². The Labute approximate surface area is 116 Å². The van der Waals surface area contributed by atoms with E-state index in [9.17, 15) is 14.8 Å². The summed E-state index contributed by atoms with van der Waals surface area (Å²) in [6.45, 7) is 3.68. The van der Waals surface area contributed by atoms with Crippen LogP contribution in [0.3, 0.4) is 0 Å². The second-order valence-electron chi connectivity index (χ2n) is 4.59. The van der Waals surface area contributed by atoms with Gasteiger partial charge >= 0.3 is 7.12 Å². The van der Waals surface area contributed by atoms with Crippen LogP contribution in [0.1, 0.15) is 13.8 Å². The van der Waals surface area contributed by atoms with Gasteiger partial charge in [-0.05, 0) is 25.5 Å². The van der Waals surface area contributed by atoms with Crippen molar-refractivity contribution in [3.8, 4) is 16.9 Å². The maximum absolute atomic E-state index is 11.7. The normalized spacial score (nSPS) is 10.7. The molecule has 104 valence electrons. The van der Waals surface area contributed by atoms with Crippen molar-refractivity contribution in [2.24, 2.45) is 0 Å². The van der Waals surface area contributed by atoms with Gasteiger partial charge in [0.05, 0.1) is 18.0 Å². The Balaban J connectivity index is 2.50. The highest BCUT2D eigenvalue weighted by molar-refractivity contribution is 6.59. The number of nitrogens with one attached hydrogen (secondary N) is 1. The molecule has 0 amide bonds. The van der Waals surface area contributed by atoms with Gasteiger partial charge in [-0.3, -0.25) is 4.79 Å². The van der Waals surface area contributed by atoms with Crippen molar-refractivity contribution >= 4 is 12.6 Å². The molecule has 3 N–H and O–H groups in total. The highest BCUT2D eigenvalue weighted by Gasteiger charge is 2.19. The number of hydrogen-bond acceptors (Lipinski definition) is 5. The first kappa shape index (κ1) is 14.3. The average Bonchev–Trinajstić information content (AvgIpc) is 2.39. The van der Waals surface area contributed by atoms with Gasteiger partial charge in [-0.2, -0.15) is 0 Å². The number of ether oxygens (including phenoxy) is 1. The van der Waals surface area contributed by atoms with Crippen LogP contribution in [0.4, 0.5) is 0 Å². The highest BCUT2D eigenvalue weighted by atomic mass is 16.5. The molecule has 2 rings (SSSR count). The van der Waals surface area contributed by atoms with Gasteiger partial charge in [-0.1, -0.05) is 12.1 Å². The standard InChI is InChI=1S/C13H15BN2O4/c1-8(2)20-12-4-3-9(5-11(12)14(18)19)10-6-15-7-16-13(10)17/h3-8,18-19H,1-2H3,(H,15,16,17). The summed E-state index contributed by atoms with van der Waals surface area (Å²) < 4.78 is 5.51. The zero-order chi connectivity index (χ0) is 14.7. The molecule has 6 nitrogen and oxygen atoms in total. The third-order valence-corrected chi connectivity index (χ3v) is 2.68. The lowest BCUT2D eigenvalue weighted by molar-refractivity contribution is 0.243.